The molecule has 2 fully saturated rings. The highest BCUT2D eigenvalue weighted by molar-refractivity contribution is 5.78. The summed E-state index contributed by atoms with van der Waals surface area (Å²) in [6.45, 7) is 6.16. The van der Waals surface area contributed by atoms with E-state index in [1.807, 2.05) is 0 Å². The largest absolute Gasteiger partial charge is 0.381 e. The van der Waals surface area contributed by atoms with Gasteiger partial charge in [-0.1, -0.05) is 12.8 Å². The van der Waals surface area contributed by atoms with Gasteiger partial charge < -0.3 is 15.0 Å². The van der Waals surface area contributed by atoms with E-state index >= 15 is 0 Å². The summed E-state index contributed by atoms with van der Waals surface area (Å²) in [6.07, 6.45) is 9.55. The predicted octanol–water partition coefficient (Wildman–Crippen LogP) is 2.19. The second kappa shape index (κ2) is 9.35. The number of nitrogens with zero attached hydrogens (tertiary/aromatic N) is 1. The smallest absolute Gasteiger partial charge is 0.223 e. The van der Waals surface area contributed by atoms with Gasteiger partial charge >= 0.3 is 0 Å². The number of ether oxygens (including phenoxy) is 1. The quantitative estimate of drug-likeness (QED) is 0.728. The van der Waals surface area contributed by atoms with E-state index in [0.717, 1.165) is 39.0 Å². The molecular formula is C16H30N2O2. The van der Waals surface area contributed by atoms with Gasteiger partial charge in [-0.2, -0.15) is 0 Å². The minimum absolute atomic E-state index is 0.192. The minimum atomic E-state index is 0.192. The summed E-state index contributed by atoms with van der Waals surface area (Å²) in [5.74, 6) is 0.432. The number of nitrogens with one attached hydrogen (secondary N) is 1. The monoisotopic (exact) mass is 282 g/mol. The van der Waals surface area contributed by atoms with Crippen molar-refractivity contribution in [3.8, 4) is 0 Å². The number of rotatable bonds is 7. The van der Waals surface area contributed by atoms with Gasteiger partial charge in [0.15, 0.2) is 0 Å². The normalized spacial score (nSPS) is 21.8. The molecule has 2 heterocycles. The number of hydrogen-bond donors (Lipinski definition) is 1. The predicted molar refractivity (Wildman–Crippen MR) is 80.7 cm³/mol. The minimum Gasteiger partial charge on any atom is -0.381 e. The molecule has 1 amide bonds. The second-order valence-corrected chi connectivity index (χ2v) is 6.14. The molecule has 0 aromatic rings. The molecular weight excluding hydrogens is 252 g/mol. The van der Waals surface area contributed by atoms with Gasteiger partial charge in [0, 0.05) is 25.7 Å². The van der Waals surface area contributed by atoms with Crippen LogP contribution < -0.4 is 5.32 Å². The number of likely N-dealkylation sites (tertiary alicyclic amines) is 1. The fourth-order valence-electron chi connectivity index (χ4n) is 3.14. The van der Waals surface area contributed by atoms with Crippen molar-refractivity contribution in [2.24, 2.45) is 5.92 Å². The lowest BCUT2D eigenvalue weighted by Gasteiger charge is -2.26. The molecule has 0 aliphatic carbocycles. The van der Waals surface area contributed by atoms with Crippen molar-refractivity contribution < 1.29 is 9.53 Å². The highest BCUT2D eigenvalue weighted by Gasteiger charge is 2.20. The second-order valence-electron chi connectivity index (χ2n) is 6.14. The average Bonchev–Trinajstić information content (AvgIpc) is 2.52. The van der Waals surface area contributed by atoms with Crippen LogP contribution in [0.2, 0.25) is 0 Å². The molecule has 2 aliphatic rings. The van der Waals surface area contributed by atoms with E-state index in [0.29, 0.717) is 0 Å². The number of piperidine rings is 1. The van der Waals surface area contributed by atoms with Crippen LogP contribution in [0, 0.1) is 5.92 Å². The van der Waals surface area contributed by atoms with Crippen molar-refractivity contribution in [1.82, 2.24) is 10.2 Å². The number of unbranched alkanes of at least 4 members (excludes halogenated alkanes) is 2. The molecule has 4 nitrogen and oxygen atoms in total. The van der Waals surface area contributed by atoms with E-state index in [2.05, 4.69) is 10.2 Å². The van der Waals surface area contributed by atoms with Crippen molar-refractivity contribution >= 4 is 5.91 Å². The molecule has 2 rings (SSSR count). The zero-order chi connectivity index (χ0) is 14.0. The lowest BCUT2D eigenvalue weighted by molar-refractivity contribution is -0.127. The Morgan fingerprint density at radius 2 is 1.80 bits per heavy atom. The first-order valence-corrected chi connectivity index (χ1v) is 8.44. The SMILES string of the molecule is O=C(NCCCCCN1CCCCC1)C1CCOCC1. The van der Waals surface area contributed by atoms with Gasteiger partial charge in [-0.3, -0.25) is 4.79 Å². The van der Waals surface area contributed by atoms with Crippen LogP contribution in [-0.2, 0) is 9.53 Å². The Kier molecular flexibility index (Phi) is 7.37. The first kappa shape index (κ1) is 15.8. The fraction of sp³-hybridized carbons (Fsp3) is 0.938. The molecule has 1 N–H and O–H groups in total. The summed E-state index contributed by atoms with van der Waals surface area (Å²) >= 11 is 0. The Morgan fingerprint density at radius 3 is 2.55 bits per heavy atom. The van der Waals surface area contributed by atoms with Crippen LogP contribution in [0.15, 0.2) is 0 Å². The third-order valence-corrected chi connectivity index (χ3v) is 4.49. The highest BCUT2D eigenvalue weighted by atomic mass is 16.5. The summed E-state index contributed by atoms with van der Waals surface area (Å²) in [6, 6.07) is 0. The van der Waals surface area contributed by atoms with Gasteiger partial charge in [0.1, 0.15) is 0 Å². The van der Waals surface area contributed by atoms with Crippen LogP contribution in [0.4, 0.5) is 0 Å². The van der Waals surface area contributed by atoms with Crippen LogP contribution in [0.1, 0.15) is 51.4 Å². The van der Waals surface area contributed by atoms with Gasteiger partial charge in [0.25, 0.3) is 0 Å². The van der Waals surface area contributed by atoms with Crippen LogP contribution in [-0.4, -0.2) is 50.2 Å². The number of amides is 1. The molecule has 116 valence electrons. The molecule has 0 saturated carbocycles. The zero-order valence-corrected chi connectivity index (χ0v) is 12.7. The van der Waals surface area contributed by atoms with Gasteiger partial charge in [-0.15, -0.1) is 0 Å². The van der Waals surface area contributed by atoms with Crippen LogP contribution >= 0.6 is 0 Å². The van der Waals surface area contributed by atoms with Crippen molar-refractivity contribution in [2.45, 2.75) is 51.4 Å². The topological polar surface area (TPSA) is 41.6 Å². The highest BCUT2D eigenvalue weighted by Crippen LogP contribution is 2.14. The molecule has 20 heavy (non-hydrogen) atoms. The Hall–Kier alpha value is -0.610. The molecule has 2 aliphatic heterocycles. The van der Waals surface area contributed by atoms with Gasteiger partial charge in [-0.25, -0.2) is 0 Å². The maximum atomic E-state index is 11.9. The third-order valence-electron chi connectivity index (χ3n) is 4.49. The molecule has 0 unspecified atom stereocenters. The molecule has 0 radical (unpaired) electrons. The van der Waals surface area contributed by atoms with Crippen LogP contribution in [0.3, 0.4) is 0 Å². The van der Waals surface area contributed by atoms with E-state index in [1.165, 1.54) is 51.7 Å². The lowest BCUT2D eigenvalue weighted by atomic mass is 9.99. The Balaban J connectivity index is 1.43. The summed E-state index contributed by atoms with van der Waals surface area (Å²) in [5, 5.41) is 3.08. The van der Waals surface area contributed by atoms with Gasteiger partial charge in [-0.05, 0) is 58.2 Å². The summed E-state index contributed by atoms with van der Waals surface area (Å²) in [7, 11) is 0. The molecule has 4 heteroatoms. The Morgan fingerprint density at radius 1 is 1.05 bits per heavy atom. The standard InChI is InChI=1S/C16H30N2O2/c19-16(15-7-13-20-14-8-15)17-9-3-1-4-10-18-11-5-2-6-12-18/h15H,1-14H2,(H,17,19). The van der Waals surface area contributed by atoms with Crippen molar-refractivity contribution in [1.29, 1.82) is 0 Å². The lowest BCUT2D eigenvalue weighted by Crippen LogP contribution is -2.34. The van der Waals surface area contributed by atoms with E-state index in [1.54, 1.807) is 0 Å². The molecule has 0 spiro atoms. The van der Waals surface area contributed by atoms with Gasteiger partial charge in [0.2, 0.25) is 5.91 Å². The summed E-state index contributed by atoms with van der Waals surface area (Å²) in [5.41, 5.74) is 0. The van der Waals surface area contributed by atoms with Gasteiger partial charge in [0.05, 0.1) is 0 Å². The van der Waals surface area contributed by atoms with E-state index < -0.39 is 0 Å². The first-order valence-electron chi connectivity index (χ1n) is 8.44. The van der Waals surface area contributed by atoms with Crippen molar-refractivity contribution in [3.05, 3.63) is 0 Å². The van der Waals surface area contributed by atoms with Crippen molar-refractivity contribution in [3.63, 3.8) is 0 Å². The molecule has 0 atom stereocenters. The molecule has 0 aromatic heterocycles. The average molecular weight is 282 g/mol. The van der Waals surface area contributed by atoms with E-state index in [4.69, 9.17) is 4.74 Å². The molecule has 0 bridgehead atoms. The Bertz CT molecular complexity index is 272. The first-order chi connectivity index (χ1) is 9.86. The number of carbonyl (C=O) groups is 1. The molecule has 0 aromatic carbocycles. The van der Waals surface area contributed by atoms with Crippen LogP contribution in [0.5, 0.6) is 0 Å². The van der Waals surface area contributed by atoms with E-state index in [-0.39, 0.29) is 11.8 Å². The summed E-state index contributed by atoms with van der Waals surface area (Å²) in [4.78, 5) is 14.5. The maximum absolute atomic E-state index is 11.9. The zero-order valence-electron chi connectivity index (χ0n) is 12.7. The van der Waals surface area contributed by atoms with Crippen LogP contribution in [0.25, 0.3) is 0 Å². The van der Waals surface area contributed by atoms with Crippen molar-refractivity contribution in [2.75, 3.05) is 39.4 Å². The Labute approximate surface area is 123 Å². The fourth-order valence-corrected chi connectivity index (χ4v) is 3.14. The number of carbonyl (C=O) groups excluding carboxylic acids is 1. The van der Waals surface area contributed by atoms with E-state index in [9.17, 15) is 4.79 Å². The number of hydrogen-bond acceptors (Lipinski definition) is 3. The molecule has 2 saturated heterocycles. The third kappa shape index (κ3) is 5.80. The summed E-state index contributed by atoms with van der Waals surface area (Å²) < 4.78 is 5.28. The maximum Gasteiger partial charge on any atom is 0.223 e.